The monoisotopic (exact) mass is 203 g/mol. The highest BCUT2D eigenvalue weighted by Gasteiger charge is 2.63. The van der Waals surface area contributed by atoms with Crippen molar-refractivity contribution in [3.8, 4) is 0 Å². The van der Waals surface area contributed by atoms with Crippen molar-refractivity contribution in [1.29, 1.82) is 0 Å². The summed E-state index contributed by atoms with van der Waals surface area (Å²) in [5.41, 5.74) is 8.16. The van der Waals surface area contributed by atoms with E-state index < -0.39 is 0 Å². The molecule has 15 heavy (non-hydrogen) atoms. The van der Waals surface area contributed by atoms with Crippen LogP contribution in [0.15, 0.2) is 28.4 Å². The van der Waals surface area contributed by atoms with Gasteiger partial charge in [-0.05, 0) is 50.8 Å². The molecule has 2 saturated carbocycles. The van der Waals surface area contributed by atoms with Gasteiger partial charge in [0, 0.05) is 11.0 Å². The van der Waals surface area contributed by atoms with E-state index in [0.29, 0.717) is 5.41 Å². The van der Waals surface area contributed by atoms with Gasteiger partial charge in [-0.25, -0.2) is 0 Å². The van der Waals surface area contributed by atoms with Crippen molar-refractivity contribution in [3.05, 3.63) is 29.7 Å². The van der Waals surface area contributed by atoms with E-state index >= 15 is 0 Å². The standard InChI is InChI=1S/C13H17NO/c1-10(9-11-3-2-8-15-11)12(4-5-12)13(14)6-7-13/h2-3,8-9H,4-7,14H2,1H3/b10-9+. The molecule has 2 aliphatic carbocycles. The third kappa shape index (κ3) is 1.28. The van der Waals surface area contributed by atoms with E-state index in [1.54, 1.807) is 6.26 Å². The maximum atomic E-state index is 6.35. The van der Waals surface area contributed by atoms with Crippen LogP contribution in [0.4, 0.5) is 0 Å². The lowest BCUT2D eigenvalue weighted by Crippen LogP contribution is -2.34. The van der Waals surface area contributed by atoms with Gasteiger partial charge in [0.2, 0.25) is 0 Å². The first kappa shape index (κ1) is 9.22. The molecule has 80 valence electrons. The Hall–Kier alpha value is -1.02. The minimum Gasteiger partial charge on any atom is -0.465 e. The first-order chi connectivity index (χ1) is 7.16. The van der Waals surface area contributed by atoms with Crippen LogP contribution in [0.5, 0.6) is 0 Å². The molecule has 2 aliphatic rings. The Morgan fingerprint density at radius 3 is 2.60 bits per heavy atom. The minimum atomic E-state index is 0.111. The quantitative estimate of drug-likeness (QED) is 0.820. The third-order valence-electron chi connectivity index (χ3n) is 4.15. The highest BCUT2D eigenvalue weighted by Crippen LogP contribution is 2.66. The highest BCUT2D eigenvalue weighted by atomic mass is 16.3. The van der Waals surface area contributed by atoms with Gasteiger partial charge in [0.15, 0.2) is 0 Å². The van der Waals surface area contributed by atoms with Crippen molar-refractivity contribution < 1.29 is 4.42 Å². The molecule has 0 bridgehead atoms. The van der Waals surface area contributed by atoms with Gasteiger partial charge in [-0.2, -0.15) is 0 Å². The molecule has 0 aliphatic heterocycles. The topological polar surface area (TPSA) is 39.2 Å². The second-order valence-corrected chi connectivity index (χ2v) is 5.08. The van der Waals surface area contributed by atoms with E-state index in [-0.39, 0.29) is 5.54 Å². The second kappa shape index (κ2) is 2.76. The molecule has 0 saturated heterocycles. The SMILES string of the molecule is C/C(=C\c1ccco1)C1(C2(N)CC2)CC1. The molecule has 2 heteroatoms. The summed E-state index contributed by atoms with van der Waals surface area (Å²) in [5.74, 6) is 0.947. The van der Waals surface area contributed by atoms with Crippen LogP contribution in [-0.4, -0.2) is 5.54 Å². The Morgan fingerprint density at radius 2 is 2.13 bits per heavy atom. The zero-order chi connectivity index (χ0) is 10.5. The number of hydrogen-bond donors (Lipinski definition) is 1. The third-order valence-corrected chi connectivity index (χ3v) is 4.15. The van der Waals surface area contributed by atoms with Gasteiger partial charge in [-0.3, -0.25) is 0 Å². The van der Waals surface area contributed by atoms with Gasteiger partial charge in [-0.15, -0.1) is 0 Å². The Kier molecular flexibility index (Phi) is 1.70. The van der Waals surface area contributed by atoms with E-state index in [1.165, 1.54) is 31.3 Å². The summed E-state index contributed by atoms with van der Waals surface area (Å²) in [6.07, 6.45) is 8.76. The Labute approximate surface area is 90.1 Å². The molecule has 0 unspecified atom stereocenters. The van der Waals surface area contributed by atoms with Crippen molar-refractivity contribution in [2.75, 3.05) is 0 Å². The molecule has 3 rings (SSSR count). The van der Waals surface area contributed by atoms with Crippen LogP contribution in [0.1, 0.15) is 38.4 Å². The fraction of sp³-hybridized carbons (Fsp3) is 0.538. The smallest absolute Gasteiger partial charge is 0.126 e. The molecule has 0 radical (unpaired) electrons. The van der Waals surface area contributed by atoms with Gasteiger partial charge in [0.05, 0.1) is 6.26 Å². The second-order valence-electron chi connectivity index (χ2n) is 5.08. The van der Waals surface area contributed by atoms with Crippen LogP contribution in [-0.2, 0) is 0 Å². The normalized spacial score (nSPS) is 26.4. The fourth-order valence-electron chi connectivity index (χ4n) is 2.75. The van der Waals surface area contributed by atoms with Crippen molar-refractivity contribution in [1.82, 2.24) is 0 Å². The summed E-state index contributed by atoms with van der Waals surface area (Å²) in [6, 6.07) is 3.92. The van der Waals surface area contributed by atoms with Gasteiger partial charge >= 0.3 is 0 Å². The summed E-state index contributed by atoms with van der Waals surface area (Å²) >= 11 is 0. The van der Waals surface area contributed by atoms with Crippen molar-refractivity contribution >= 4 is 6.08 Å². The van der Waals surface area contributed by atoms with Crippen LogP contribution in [0, 0.1) is 5.41 Å². The maximum absolute atomic E-state index is 6.35. The van der Waals surface area contributed by atoms with E-state index in [4.69, 9.17) is 10.2 Å². The number of nitrogens with two attached hydrogens (primary N) is 1. The molecule has 1 heterocycles. The van der Waals surface area contributed by atoms with Gasteiger partial charge < -0.3 is 10.2 Å². The van der Waals surface area contributed by atoms with Crippen LogP contribution in [0.3, 0.4) is 0 Å². The lowest BCUT2D eigenvalue weighted by atomic mass is 9.86. The van der Waals surface area contributed by atoms with Crippen LogP contribution in [0.25, 0.3) is 6.08 Å². The van der Waals surface area contributed by atoms with Crippen molar-refractivity contribution in [3.63, 3.8) is 0 Å². The van der Waals surface area contributed by atoms with E-state index in [0.717, 1.165) is 5.76 Å². The lowest BCUT2D eigenvalue weighted by molar-refractivity contribution is 0.445. The van der Waals surface area contributed by atoms with E-state index in [9.17, 15) is 0 Å². The van der Waals surface area contributed by atoms with Crippen molar-refractivity contribution in [2.45, 2.75) is 38.1 Å². The molecule has 2 N–H and O–H groups in total. The Balaban J connectivity index is 1.89. The summed E-state index contributed by atoms with van der Waals surface area (Å²) in [5, 5.41) is 0. The van der Waals surface area contributed by atoms with Gasteiger partial charge in [0.1, 0.15) is 5.76 Å². The lowest BCUT2D eigenvalue weighted by Gasteiger charge is -2.23. The van der Waals surface area contributed by atoms with E-state index in [1.807, 2.05) is 12.1 Å². The number of rotatable bonds is 3. The number of hydrogen-bond acceptors (Lipinski definition) is 2. The summed E-state index contributed by atoms with van der Waals surface area (Å²) in [6.45, 7) is 2.20. The first-order valence-electron chi connectivity index (χ1n) is 5.68. The molecule has 0 amide bonds. The number of furan rings is 1. The molecule has 2 nitrogen and oxygen atoms in total. The fourth-order valence-corrected chi connectivity index (χ4v) is 2.75. The average Bonchev–Trinajstić information content (AvgIpc) is 3.10. The summed E-state index contributed by atoms with van der Waals surface area (Å²) < 4.78 is 5.34. The van der Waals surface area contributed by atoms with Gasteiger partial charge in [0.25, 0.3) is 0 Å². The maximum Gasteiger partial charge on any atom is 0.126 e. The molecule has 0 aromatic carbocycles. The zero-order valence-corrected chi connectivity index (χ0v) is 9.12. The Morgan fingerprint density at radius 1 is 1.40 bits per heavy atom. The summed E-state index contributed by atoms with van der Waals surface area (Å²) in [4.78, 5) is 0. The molecule has 2 fully saturated rings. The predicted octanol–water partition coefficient (Wildman–Crippen LogP) is 2.95. The predicted molar refractivity (Wildman–Crippen MR) is 60.2 cm³/mol. The molecule has 0 atom stereocenters. The van der Waals surface area contributed by atoms with Gasteiger partial charge in [-0.1, -0.05) is 5.57 Å². The Bertz CT molecular complexity index is 394. The van der Waals surface area contributed by atoms with E-state index in [2.05, 4.69) is 13.0 Å². The molecule has 1 aromatic rings. The molecular weight excluding hydrogens is 186 g/mol. The van der Waals surface area contributed by atoms with Crippen molar-refractivity contribution in [2.24, 2.45) is 11.1 Å². The average molecular weight is 203 g/mol. The highest BCUT2D eigenvalue weighted by molar-refractivity contribution is 5.52. The minimum absolute atomic E-state index is 0.111. The molecule has 1 aromatic heterocycles. The first-order valence-corrected chi connectivity index (χ1v) is 5.68. The zero-order valence-electron chi connectivity index (χ0n) is 9.12. The van der Waals surface area contributed by atoms with Crippen LogP contribution < -0.4 is 5.73 Å². The molecular formula is C13H17NO. The van der Waals surface area contributed by atoms with Crippen LogP contribution in [0.2, 0.25) is 0 Å². The summed E-state index contributed by atoms with van der Waals surface area (Å²) in [7, 11) is 0. The largest absolute Gasteiger partial charge is 0.465 e. The molecule has 0 spiro atoms. The van der Waals surface area contributed by atoms with Crippen LogP contribution >= 0.6 is 0 Å².